The molecular weight excluding hydrogens is 390 g/mol. The van der Waals surface area contributed by atoms with Gasteiger partial charge in [0.2, 0.25) is 5.95 Å². The minimum Gasteiger partial charge on any atom is -0.493 e. The van der Waals surface area contributed by atoms with Gasteiger partial charge < -0.3 is 24.6 Å². The fourth-order valence-corrected chi connectivity index (χ4v) is 4.64. The van der Waals surface area contributed by atoms with Crippen molar-refractivity contribution < 1.29 is 9.47 Å². The van der Waals surface area contributed by atoms with Crippen molar-refractivity contribution in [2.45, 2.75) is 44.6 Å². The molecule has 7 nitrogen and oxygen atoms in total. The molecule has 0 spiro atoms. The fraction of sp³-hybridized carbons (Fsp3) is 0.583. The zero-order chi connectivity index (χ0) is 21.6. The Morgan fingerprint density at radius 3 is 2.61 bits per heavy atom. The van der Waals surface area contributed by atoms with Crippen LogP contribution in [0.2, 0.25) is 0 Å². The highest BCUT2D eigenvalue weighted by molar-refractivity contribution is 5.93. The Bertz CT molecular complexity index is 897. The van der Waals surface area contributed by atoms with Crippen LogP contribution in [0.3, 0.4) is 0 Å². The van der Waals surface area contributed by atoms with Crippen LogP contribution >= 0.6 is 0 Å². The number of unbranched alkanes of at least 4 members (excludes halogenated alkanes) is 1. The van der Waals surface area contributed by atoms with Gasteiger partial charge in [0.15, 0.2) is 11.5 Å². The Kier molecular flexibility index (Phi) is 7.12. The second-order valence-corrected chi connectivity index (χ2v) is 8.51. The number of methoxy groups -OCH3 is 2. The predicted octanol–water partition coefficient (Wildman–Crippen LogP) is 4.09. The topological polar surface area (TPSA) is 62.8 Å². The third kappa shape index (κ3) is 5.03. The number of hydrogen-bond donors (Lipinski definition) is 1. The number of aromatic nitrogens is 2. The van der Waals surface area contributed by atoms with E-state index in [0.717, 1.165) is 61.7 Å². The van der Waals surface area contributed by atoms with E-state index >= 15 is 0 Å². The maximum absolute atomic E-state index is 5.56. The summed E-state index contributed by atoms with van der Waals surface area (Å²) >= 11 is 0. The second-order valence-electron chi connectivity index (χ2n) is 8.51. The van der Waals surface area contributed by atoms with Gasteiger partial charge in [-0.3, -0.25) is 0 Å². The Labute approximate surface area is 185 Å². The summed E-state index contributed by atoms with van der Waals surface area (Å²) in [5, 5.41) is 4.74. The molecular formula is C24H35N5O2. The molecule has 1 N–H and O–H groups in total. The van der Waals surface area contributed by atoms with Gasteiger partial charge in [-0.1, -0.05) is 6.08 Å². The lowest BCUT2D eigenvalue weighted by atomic mass is 10.0. The Morgan fingerprint density at radius 1 is 1.10 bits per heavy atom. The van der Waals surface area contributed by atoms with E-state index in [4.69, 9.17) is 19.4 Å². The third-order valence-electron chi connectivity index (χ3n) is 6.31. The lowest BCUT2D eigenvalue weighted by Gasteiger charge is -2.33. The highest BCUT2D eigenvalue weighted by Gasteiger charge is 2.23. The molecule has 2 aliphatic heterocycles. The summed E-state index contributed by atoms with van der Waals surface area (Å²) in [6, 6.07) is 4.33. The summed E-state index contributed by atoms with van der Waals surface area (Å²) < 4.78 is 11.1. The Balaban J connectivity index is 1.63. The van der Waals surface area contributed by atoms with Crippen LogP contribution in [-0.2, 0) is 0 Å². The summed E-state index contributed by atoms with van der Waals surface area (Å²) in [7, 11) is 3.33. The summed E-state index contributed by atoms with van der Waals surface area (Å²) in [5.74, 6) is 3.09. The second kappa shape index (κ2) is 10.2. The average Bonchev–Trinajstić information content (AvgIpc) is 3.33. The van der Waals surface area contributed by atoms with Gasteiger partial charge in [0.25, 0.3) is 0 Å². The number of hydrogen-bond acceptors (Lipinski definition) is 7. The van der Waals surface area contributed by atoms with Crippen molar-refractivity contribution in [2.75, 3.05) is 57.2 Å². The van der Waals surface area contributed by atoms with Crippen molar-refractivity contribution in [3.8, 4) is 11.5 Å². The van der Waals surface area contributed by atoms with E-state index in [0.29, 0.717) is 17.5 Å². The molecule has 0 bridgehead atoms. The van der Waals surface area contributed by atoms with E-state index in [1.165, 1.54) is 32.2 Å². The van der Waals surface area contributed by atoms with Crippen LogP contribution in [-0.4, -0.2) is 67.9 Å². The number of piperidine rings is 1. The highest BCUT2D eigenvalue weighted by Crippen LogP contribution is 2.36. The van der Waals surface area contributed by atoms with Crippen LogP contribution in [0, 0.1) is 0 Å². The van der Waals surface area contributed by atoms with Crippen molar-refractivity contribution in [3.05, 3.63) is 24.8 Å². The molecule has 1 unspecified atom stereocenters. The van der Waals surface area contributed by atoms with Crippen molar-refractivity contribution in [2.24, 2.45) is 0 Å². The van der Waals surface area contributed by atoms with Gasteiger partial charge in [-0.25, -0.2) is 4.98 Å². The van der Waals surface area contributed by atoms with Crippen molar-refractivity contribution >= 4 is 22.7 Å². The van der Waals surface area contributed by atoms with Crippen LogP contribution < -0.4 is 19.7 Å². The van der Waals surface area contributed by atoms with Crippen LogP contribution in [0.4, 0.5) is 11.8 Å². The third-order valence-corrected chi connectivity index (χ3v) is 6.31. The first-order valence-electron chi connectivity index (χ1n) is 11.5. The van der Waals surface area contributed by atoms with Gasteiger partial charge in [-0.2, -0.15) is 4.98 Å². The first-order valence-corrected chi connectivity index (χ1v) is 11.5. The van der Waals surface area contributed by atoms with Gasteiger partial charge >= 0.3 is 0 Å². The van der Waals surface area contributed by atoms with Crippen LogP contribution in [0.1, 0.15) is 38.5 Å². The number of nitrogens with zero attached hydrogens (tertiary/aromatic N) is 4. The molecule has 168 valence electrons. The van der Waals surface area contributed by atoms with E-state index in [9.17, 15) is 0 Å². The zero-order valence-corrected chi connectivity index (χ0v) is 18.9. The Hall–Kier alpha value is -2.54. The molecule has 0 saturated carbocycles. The molecule has 0 radical (unpaired) electrons. The number of fused-ring (bicyclic) bond motifs is 1. The predicted molar refractivity (Wildman–Crippen MR) is 127 cm³/mol. The number of nitrogens with one attached hydrogen (secondary N) is 1. The molecule has 2 fully saturated rings. The van der Waals surface area contributed by atoms with Gasteiger partial charge in [-0.05, 0) is 57.7 Å². The molecule has 7 heteroatoms. The maximum atomic E-state index is 5.56. The minimum absolute atomic E-state index is 0.370. The molecule has 0 amide bonds. The standard InChI is InChI=1S/C24H35N5O2/c1-4-5-6-11-28-12-9-10-18(17-28)25-23-19-15-21(30-2)22(31-3)16-20(19)26-24(27-23)29-13-7-8-14-29/h4,15-16,18H,1,5-14,17H2,2-3H3,(H,25,26,27). The molecule has 0 aliphatic carbocycles. The first kappa shape index (κ1) is 21.7. The molecule has 4 rings (SSSR count). The quantitative estimate of drug-likeness (QED) is 0.479. The molecule has 1 aromatic heterocycles. The number of allylic oxidation sites excluding steroid dienone is 1. The summed E-state index contributed by atoms with van der Waals surface area (Å²) in [5.41, 5.74) is 0.885. The lowest BCUT2D eigenvalue weighted by Crippen LogP contribution is -2.42. The maximum Gasteiger partial charge on any atom is 0.227 e. The normalized spacial score (nSPS) is 19.5. The molecule has 2 aromatic rings. The first-order chi connectivity index (χ1) is 15.2. The van der Waals surface area contributed by atoms with Gasteiger partial charge in [0, 0.05) is 37.1 Å². The SMILES string of the molecule is C=CCCCN1CCCC(Nc2nc(N3CCCC3)nc3cc(OC)c(OC)cc23)C1. The number of likely N-dealkylation sites (tertiary alicyclic amines) is 1. The molecule has 1 atom stereocenters. The monoisotopic (exact) mass is 425 g/mol. The van der Waals surface area contributed by atoms with E-state index in [2.05, 4.69) is 21.7 Å². The fourth-order valence-electron chi connectivity index (χ4n) is 4.64. The van der Waals surface area contributed by atoms with Crippen molar-refractivity contribution in [1.29, 1.82) is 0 Å². The van der Waals surface area contributed by atoms with E-state index in [-0.39, 0.29) is 0 Å². The smallest absolute Gasteiger partial charge is 0.227 e. The van der Waals surface area contributed by atoms with Crippen LogP contribution in [0.25, 0.3) is 10.9 Å². The number of ether oxygens (including phenoxy) is 2. The van der Waals surface area contributed by atoms with E-state index < -0.39 is 0 Å². The molecule has 31 heavy (non-hydrogen) atoms. The molecule has 2 aliphatic rings. The molecule has 2 saturated heterocycles. The molecule has 3 heterocycles. The van der Waals surface area contributed by atoms with Gasteiger partial charge in [0.05, 0.1) is 19.7 Å². The Morgan fingerprint density at radius 2 is 1.87 bits per heavy atom. The summed E-state index contributed by atoms with van der Waals surface area (Å²) in [4.78, 5) is 14.7. The number of rotatable bonds is 9. The highest BCUT2D eigenvalue weighted by atomic mass is 16.5. The van der Waals surface area contributed by atoms with Crippen molar-refractivity contribution in [1.82, 2.24) is 14.9 Å². The average molecular weight is 426 g/mol. The lowest BCUT2D eigenvalue weighted by molar-refractivity contribution is 0.214. The van der Waals surface area contributed by atoms with E-state index in [1.807, 2.05) is 18.2 Å². The van der Waals surface area contributed by atoms with Crippen LogP contribution in [0.5, 0.6) is 11.5 Å². The summed E-state index contributed by atoms with van der Waals surface area (Å²) in [6.07, 6.45) is 8.99. The zero-order valence-electron chi connectivity index (χ0n) is 18.9. The van der Waals surface area contributed by atoms with Crippen molar-refractivity contribution in [3.63, 3.8) is 0 Å². The number of anilines is 2. The van der Waals surface area contributed by atoms with Crippen LogP contribution in [0.15, 0.2) is 24.8 Å². The van der Waals surface area contributed by atoms with E-state index in [1.54, 1.807) is 14.2 Å². The molecule has 1 aromatic carbocycles. The summed E-state index contributed by atoms with van der Waals surface area (Å²) in [6.45, 7) is 9.20. The largest absolute Gasteiger partial charge is 0.493 e. The van der Waals surface area contributed by atoms with Gasteiger partial charge in [-0.15, -0.1) is 6.58 Å². The number of benzene rings is 1. The van der Waals surface area contributed by atoms with Gasteiger partial charge in [0.1, 0.15) is 5.82 Å². The minimum atomic E-state index is 0.370.